The van der Waals surface area contributed by atoms with Crippen molar-refractivity contribution in [1.82, 2.24) is 10.1 Å². The standard InChI is InChI=1S/C15H14N2O3S/c1-9-7-8-12(21-9)14-16-15(20-17-14)10-5-4-6-11(18-2)13(10)19-3/h4-8H,1-3H3. The molecule has 0 radical (unpaired) electrons. The first-order chi connectivity index (χ1) is 10.2. The number of methoxy groups -OCH3 is 2. The first-order valence-corrected chi connectivity index (χ1v) is 7.16. The molecule has 0 atom stereocenters. The van der Waals surface area contributed by atoms with E-state index in [1.807, 2.05) is 37.3 Å². The van der Waals surface area contributed by atoms with Gasteiger partial charge >= 0.3 is 0 Å². The topological polar surface area (TPSA) is 57.4 Å². The maximum absolute atomic E-state index is 5.39. The quantitative estimate of drug-likeness (QED) is 0.734. The van der Waals surface area contributed by atoms with E-state index in [1.54, 1.807) is 25.6 Å². The molecule has 6 heteroatoms. The van der Waals surface area contributed by atoms with Crippen molar-refractivity contribution < 1.29 is 14.0 Å². The summed E-state index contributed by atoms with van der Waals surface area (Å²) in [5, 5.41) is 4.03. The summed E-state index contributed by atoms with van der Waals surface area (Å²) in [7, 11) is 3.18. The van der Waals surface area contributed by atoms with Crippen molar-refractivity contribution in [3.63, 3.8) is 0 Å². The van der Waals surface area contributed by atoms with Crippen molar-refractivity contribution in [2.24, 2.45) is 0 Å². The molecule has 0 bridgehead atoms. The third-order valence-corrected chi connectivity index (χ3v) is 4.02. The molecule has 5 nitrogen and oxygen atoms in total. The number of hydrogen-bond donors (Lipinski definition) is 0. The highest BCUT2D eigenvalue weighted by atomic mass is 32.1. The van der Waals surface area contributed by atoms with Crippen LogP contribution in [0, 0.1) is 6.92 Å². The van der Waals surface area contributed by atoms with E-state index < -0.39 is 0 Å². The van der Waals surface area contributed by atoms with E-state index >= 15 is 0 Å². The molecule has 21 heavy (non-hydrogen) atoms. The normalized spacial score (nSPS) is 10.6. The van der Waals surface area contributed by atoms with E-state index in [4.69, 9.17) is 14.0 Å². The third-order valence-electron chi connectivity index (χ3n) is 3.02. The average Bonchev–Trinajstić information content (AvgIpc) is 3.14. The van der Waals surface area contributed by atoms with Crippen LogP contribution in [-0.4, -0.2) is 24.4 Å². The summed E-state index contributed by atoms with van der Waals surface area (Å²) in [5.74, 6) is 2.19. The monoisotopic (exact) mass is 302 g/mol. The molecule has 0 N–H and O–H groups in total. The van der Waals surface area contributed by atoms with Crippen molar-refractivity contribution in [2.75, 3.05) is 14.2 Å². The minimum atomic E-state index is 0.409. The largest absolute Gasteiger partial charge is 0.493 e. The SMILES string of the molecule is COc1cccc(-c2nc(-c3ccc(C)s3)no2)c1OC. The van der Waals surface area contributed by atoms with E-state index in [-0.39, 0.29) is 0 Å². The minimum absolute atomic E-state index is 0.409. The smallest absolute Gasteiger partial charge is 0.262 e. The minimum Gasteiger partial charge on any atom is -0.493 e. The number of aryl methyl sites for hydroxylation is 1. The Balaban J connectivity index is 2.04. The first-order valence-electron chi connectivity index (χ1n) is 6.35. The van der Waals surface area contributed by atoms with Gasteiger partial charge in [-0.05, 0) is 31.2 Å². The number of para-hydroxylation sites is 1. The molecule has 0 aliphatic carbocycles. The summed E-state index contributed by atoms with van der Waals surface area (Å²) in [5.41, 5.74) is 0.712. The molecule has 3 rings (SSSR count). The summed E-state index contributed by atoms with van der Waals surface area (Å²) in [4.78, 5) is 6.63. The van der Waals surface area contributed by atoms with Gasteiger partial charge in [-0.3, -0.25) is 0 Å². The van der Waals surface area contributed by atoms with Crippen LogP contribution in [0.15, 0.2) is 34.9 Å². The van der Waals surface area contributed by atoms with E-state index in [0.717, 1.165) is 4.88 Å². The van der Waals surface area contributed by atoms with Gasteiger partial charge in [0, 0.05) is 4.88 Å². The summed E-state index contributed by atoms with van der Waals surface area (Å²) in [6, 6.07) is 9.55. The summed E-state index contributed by atoms with van der Waals surface area (Å²) < 4.78 is 16.0. The van der Waals surface area contributed by atoms with Crippen molar-refractivity contribution in [3.8, 4) is 33.7 Å². The van der Waals surface area contributed by atoms with E-state index in [2.05, 4.69) is 10.1 Å². The Morgan fingerprint density at radius 3 is 2.62 bits per heavy atom. The van der Waals surface area contributed by atoms with Crippen molar-refractivity contribution in [3.05, 3.63) is 35.2 Å². The number of aromatic nitrogens is 2. The van der Waals surface area contributed by atoms with Gasteiger partial charge in [0.05, 0.1) is 24.7 Å². The number of rotatable bonds is 4. The second-order valence-corrected chi connectivity index (χ2v) is 5.66. The molecule has 0 aliphatic heterocycles. The zero-order valence-corrected chi connectivity index (χ0v) is 12.7. The van der Waals surface area contributed by atoms with Crippen LogP contribution in [-0.2, 0) is 0 Å². The van der Waals surface area contributed by atoms with Gasteiger partial charge in [0.15, 0.2) is 11.5 Å². The third kappa shape index (κ3) is 2.50. The molecule has 108 valence electrons. The highest BCUT2D eigenvalue weighted by molar-refractivity contribution is 7.15. The van der Waals surface area contributed by atoms with Crippen LogP contribution in [0.25, 0.3) is 22.2 Å². The van der Waals surface area contributed by atoms with Gasteiger partial charge in [-0.25, -0.2) is 0 Å². The molecule has 0 saturated carbocycles. The number of ether oxygens (including phenoxy) is 2. The molecule has 2 heterocycles. The van der Waals surface area contributed by atoms with Crippen LogP contribution in [0.2, 0.25) is 0 Å². The van der Waals surface area contributed by atoms with Crippen LogP contribution in [0.3, 0.4) is 0 Å². The Labute approximate surface area is 126 Å². The van der Waals surface area contributed by atoms with Gasteiger partial charge in [0.1, 0.15) is 0 Å². The lowest BCUT2D eigenvalue weighted by atomic mass is 10.2. The van der Waals surface area contributed by atoms with Crippen LogP contribution in [0.4, 0.5) is 0 Å². The fourth-order valence-corrected chi connectivity index (χ4v) is 2.84. The summed E-state index contributed by atoms with van der Waals surface area (Å²) in [6.07, 6.45) is 0. The lowest BCUT2D eigenvalue weighted by Crippen LogP contribution is -1.93. The van der Waals surface area contributed by atoms with Crippen LogP contribution in [0.5, 0.6) is 11.5 Å². The predicted octanol–water partition coefficient (Wildman–Crippen LogP) is 3.79. The van der Waals surface area contributed by atoms with E-state index in [1.165, 1.54) is 4.88 Å². The highest BCUT2D eigenvalue weighted by Crippen LogP contribution is 2.38. The van der Waals surface area contributed by atoms with E-state index in [9.17, 15) is 0 Å². The predicted molar refractivity (Wildman–Crippen MR) is 80.9 cm³/mol. The van der Waals surface area contributed by atoms with Gasteiger partial charge in [0.2, 0.25) is 5.82 Å². The van der Waals surface area contributed by atoms with Crippen LogP contribution < -0.4 is 9.47 Å². The van der Waals surface area contributed by atoms with Gasteiger partial charge in [-0.15, -0.1) is 11.3 Å². The fraction of sp³-hybridized carbons (Fsp3) is 0.200. The molecule has 0 spiro atoms. The molecule has 0 amide bonds. The molecule has 0 saturated heterocycles. The van der Waals surface area contributed by atoms with E-state index in [0.29, 0.717) is 28.8 Å². The second-order valence-electron chi connectivity index (χ2n) is 4.37. The Morgan fingerprint density at radius 1 is 1.10 bits per heavy atom. The lowest BCUT2D eigenvalue weighted by molar-refractivity contribution is 0.353. The van der Waals surface area contributed by atoms with Crippen LogP contribution in [0.1, 0.15) is 4.88 Å². The number of thiophene rings is 1. The highest BCUT2D eigenvalue weighted by Gasteiger charge is 2.18. The van der Waals surface area contributed by atoms with Gasteiger partial charge in [-0.2, -0.15) is 4.98 Å². The maximum atomic E-state index is 5.39. The van der Waals surface area contributed by atoms with Gasteiger partial charge in [-0.1, -0.05) is 11.2 Å². The molecule has 0 aliphatic rings. The molecule has 1 aromatic carbocycles. The van der Waals surface area contributed by atoms with Crippen molar-refractivity contribution >= 4 is 11.3 Å². The molecule has 3 aromatic rings. The van der Waals surface area contributed by atoms with Gasteiger partial charge in [0.25, 0.3) is 5.89 Å². The zero-order chi connectivity index (χ0) is 14.8. The zero-order valence-electron chi connectivity index (χ0n) is 11.9. The van der Waals surface area contributed by atoms with Crippen molar-refractivity contribution in [1.29, 1.82) is 0 Å². The Kier molecular flexibility index (Phi) is 3.62. The molecule has 0 unspecified atom stereocenters. The Bertz CT molecular complexity index is 764. The second kappa shape index (κ2) is 5.57. The molecule has 2 aromatic heterocycles. The molecular weight excluding hydrogens is 288 g/mol. The lowest BCUT2D eigenvalue weighted by Gasteiger charge is -2.09. The first kappa shape index (κ1) is 13.6. The number of benzene rings is 1. The number of hydrogen-bond acceptors (Lipinski definition) is 6. The maximum Gasteiger partial charge on any atom is 0.262 e. The summed E-state index contributed by atoms with van der Waals surface area (Å²) >= 11 is 1.63. The number of nitrogens with zero attached hydrogens (tertiary/aromatic N) is 2. The van der Waals surface area contributed by atoms with Crippen molar-refractivity contribution in [2.45, 2.75) is 6.92 Å². The summed E-state index contributed by atoms with van der Waals surface area (Å²) in [6.45, 7) is 2.04. The Morgan fingerprint density at radius 2 is 1.95 bits per heavy atom. The Hall–Kier alpha value is -2.34. The fourth-order valence-electron chi connectivity index (χ4n) is 2.04. The van der Waals surface area contributed by atoms with Gasteiger partial charge < -0.3 is 14.0 Å². The average molecular weight is 302 g/mol. The van der Waals surface area contributed by atoms with Crippen LogP contribution >= 0.6 is 11.3 Å². The molecular formula is C15H14N2O3S. The molecule has 0 fully saturated rings.